The van der Waals surface area contributed by atoms with E-state index in [4.69, 9.17) is 4.74 Å². The normalized spacial score (nSPS) is 20.5. The van der Waals surface area contributed by atoms with Crippen molar-refractivity contribution in [3.63, 3.8) is 0 Å². The number of imide groups is 1. The number of piperidine rings is 1. The Morgan fingerprint density at radius 2 is 1.73 bits per heavy atom. The van der Waals surface area contributed by atoms with Crippen LogP contribution in [0.15, 0.2) is 24.3 Å². The summed E-state index contributed by atoms with van der Waals surface area (Å²) in [5.41, 5.74) is 0.351. The van der Waals surface area contributed by atoms with Crippen LogP contribution < -0.4 is 4.74 Å². The van der Waals surface area contributed by atoms with Crippen LogP contribution in [-0.2, 0) is 11.2 Å². The molecule has 0 aromatic heterocycles. The Morgan fingerprint density at radius 1 is 1.10 bits per heavy atom. The molecule has 1 spiro atoms. The molecule has 1 atom stereocenters. The van der Waals surface area contributed by atoms with Crippen LogP contribution in [0.5, 0.6) is 5.75 Å². The van der Waals surface area contributed by atoms with Crippen molar-refractivity contribution < 1.29 is 19.4 Å². The van der Waals surface area contributed by atoms with Gasteiger partial charge in [0.15, 0.2) is 0 Å². The summed E-state index contributed by atoms with van der Waals surface area (Å²) in [6, 6.07) is 7.75. The molecule has 0 unspecified atom stereocenters. The van der Waals surface area contributed by atoms with Crippen LogP contribution in [0.3, 0.4) is 0 Å². The maximum absolute atomic E-state index is 13.5. The molecule has 7 nitrogen and oxygen atoms in total. The van der Waals surface area contributed by atoms with Crippen molar-refractivity contribution in [1.82, 2.24) is 14.7 Å². The van der Waals surface area contributed by atoms with E-state index in [1.54, 1.807) is 7.11 Å². The number of nitrogens with zero attached hydrogens (tertiary/aromatic N) is 3. The van der Waals surface area contributed by atoms with E-state index in [-0.39, 0.29) is 30.5 Å². The molecule has 2 saturated heterocycles. The average molecular weight is 418 g/mol. The van der Waals surface area contributed by atoms with Gasteiger partial charge in [-0.05, 0) is 49.8 Å². The standard InChI is InChI=1S/C23H35N3O4/c1-17(2)15-25-21(28)23(10-13-24(14-11-23)18(3)16-27)26(22(25)29)12-9-19-5-7-20(30-4)8-6-19/h5-8,17-18,27H,9-16H2,1-4H3/t18-/m0/s1. The first-order chi connectivity index (χ1) is 14.3. The first kappa shape index (κ1) is 22.6. The fraction of sp³-hybridized carbons (Fsp3) is 0.652. The lowest BCUT2D eigenvalue weighted by molar-refractivity contribution is -0.136. The Kier molecular flexibility index (Phi) is 7.03. The highest BCUT2D eigenvalue weighted by molar-refractivity contribution is 6.07. The number of hydrogen-bond acceptors (Lipinski definition) is 5. The molecule has 2 aliphatic heterocycles. The molecule has 0 aliphatic carbocycles. The third kappa shape index (κ3) is 4.32. The zero-order valence-corrected chi connectivity index (χ0v) is 18.6. The van der Waals surface area contributed by atoms with Gasteiger partial charge in [-0.3, -0.25) is 14.6 Å². The largest absolute Gasteiger partial charge is 0.497 e. The van der Waals surface area contributed by atoms with Gasteiger partial charge in [-0.1, -0.05) is 26.0 Å². The second kappa shape index (κ2) is 9.35. The molecule has 0 bridgehead atoms. The Balaban J connectivity index is 1.79. The second-order valence-electron chi connectivity index (χ2n) is 8.94. The lowest BCUT2D eigenvalue weighted by Crippen LogP contribution is -2.58. The summed E-state index contributed by atoms with van der Waals surface area (Å²) < 4.78 is 5.22. The molecule has 3 amide bonds. The topological polar surface area (TPSA) is 73.3 Å². The van der Waals surface area contributed by atoms with Gasteiger partial charge < -0.3 is 14.7 Å². The van der Waals surface area contributed by atoms with Gasteiger partial charge in [0.05, 0.1) is 13.7 Å². The third-order valence-corrected chi connectivity index (χ3v) is 6.47. The molecule has 2 fully saturated rings. The summed E-state index contributed by atoms with van der Waals surface area (Å²) in [5, 5.41) is 9.49. The van der Waals surface area contributed by atoms with Crippen LogP contribution in [0, 0.1) is 5.92 Å². The Labute approximate surface area is 179 Å². The summed E-state index contributed by atoms with van der Waals surface area (Å²) in [4.78, 5) is 32.2. The van der Waals surface area contributed by atoms with Gasteiger partial charge in [0.1, 0.15) is 11.3 Å². The lowest BCUT2D eigenvalue weighted by atomic mass is 9.85. The summed E-state index contributed by atoms with van der Waals surface area (Å²) in [7, 11) is 1.64. The van der Waals surface area contributed by atoms with Gasteiger partial charge >= 0.3 is 6.03 Å². The van der Waals surface area contributed by atoms with Gasteiger partial charge in [0.25, 0.3) is 5.91 Å². The van der Waals surface area contributed by atoms with Crippen molar-refractivity contribution in [3.8, 4) is 5.75 Å². The van der Waals surface area contributed by atoms with Crippen LogP contribution in [0.4, 0.5) is 4.79 Å². The number of likely N-dealkylation sites (tertiary alicyclic amines) is 1. The molecular formula is C23H35N3O4. The summed E-state index contributed by atoms with van der Waals surface area (Å²) in [6.45, 7) is 8.52. The van der Waals surface area contributed by atoms with Gasteiger partial charge in [-0.2, -0.15) is 0 Å². The highest BCUT2D eigenvalue weighted by Gasteiger charge is 2.57. The highest BCUT2D eigenvalue weighted by atomic mass is 16.5. The molecule has 1 N–H and O–H groups in total. The highest BCUT2D eigenvalue weighted by Crippen LogP contribution is 2.38. The number of amides is 3. The fourth-order valence-electron chi connectivity index (χ4n) is 4.59. The van der Waals surface area contributed by atoms with E-state index in [2.05, 4.69) is 4.90 Å². The van der Waals surface area contributed by atoms with Gasteiger partial charge in [-0.15, -0.1) is 0 Å². The molecule has 166 valence electrons. The van der Waals surface area contributed by atoms with Crippen molar-refractivity contribution in [2.24, 2.45) is 5.92 Å². The molecule has 1 aromatic carbocycles. The van der Waals surface area contributed by atoms with E-state index in [0.717, 1.165) is 11.3 Å². The van der Waals surface area contributed by atoms with E-state index in [0.29, 0.717) is 45.4 Å². The minimum absolute atomic E-state index is 0.0489. The second-order valence-corrected chi connectivity index (χ2v) is 8.94. The number of hydrogen-bond donors (Lipinski definition) is 1. The monoisotopic (exact) mass is 417 g/mol. The number of benzene rings is 1. The zero-order chi connectivity index (χ0) is 21.9. The number of urea groups is 1. The van der Waals surface area contributed by atoms with Crippen LogP contribution in [0.25, 0.3) is 0 Å². The van der Waals surface area contributed by atoms with Gasteiger partial charge in [-0.25, -0.2) is 4.79 Å². The molecule has 7 heteroatoms. The summed E-state index contributed by atoms with van der Waals surface area (Å²) in [6.07, 6.45) is 1.91. The van der Waals surface area contributed by atoms with E-state index in [1.807, 2.05) is 49.9 Å². The van der Waals surface area contributed by atoms with Crippen LogP contribution in [-0.4, -0.2) is 83.2 Å². The first-order valence-electron chi connectivity index (χ1n) is 10.9. The predicted octanol–water partition coefficient (Wildman–Crippen LogP) is 2.37. The molecule has 1 aromatic rings. The predicted molar refractivity (Wildman–Crippen MR) is 115 cm³/mol. The minimum Gasteiger partial charge on any atom is -0.497 e. The summed E-state index contributed by atoms with van der Waals surface area (Å²) >= 11 is 0. The van der Waals surface area contributed by atoms with Gasteiger partial charge in [0, 0.05) is 32.2 Å². The van der Waals surface area contributed by atoms with Crippen LogP contribution in [0.1, 0.15) is 39.2 Å². The van der Waals surface area contributed by atoms with Crippen molar-refractivity contribution in [3.05, 3.63) is 29.8 Å². The smallest absolute Gasteiger partial charge is 0.327 e. The van der Waals surface area contributed by atoms with E-state index in [1.165, 1.54) is 4.90 Å². The number of rotatable bonds is 8. The number of aliphatic hydroxyl groups excluding tert-OH is 1. The Hall–Kier alpha value is -2.12. The van der Waals surface area contributed by atoms with Gasteiger partial charge in [0.2, 0.25) is 0 Å². The van der Waals surface area contributed by atoms with Crippen molar-refractivity contribution in [2.75, 3.05) is 39.9 Å². The zero-order valence-electron chi connectivity index (χ0n) is 18.6. The Morgan fingerprint density at radius 3 is 2.27 bits per heavy atom. The quantitative estimate of drug-likeness (QED) is 0.658. The van der Waals surface area contributed by atoms with Crippen LogP contribution >= 0.6 is 0 Å². The summed E-state index contributed by atoms with van der Waals surface area (Å²) in [5.74, 6) is 0.981. The molecule has 0 radical (unpaired) electrons. The maximum atomic E-state index is 13.5. The SMILES string of the molecule is COc1ccc(CCN2C(=O)N(CC(C)C)C(=O)C23CCN([C@@H](C)CO)CC3)cc1. The first-order valence-corrected chi connectivity index (χ1v) is 10.9. The number of methoxy groups -OCH3 is 1. The minimum atomic E-state index is -0.760. The number of carbonyl (C=O) groups is 2. The Bertz CT molecular complexity index is 741. The number of aliphatic hydroxyl groups is 1. The van der Waals surface area contributed by atoms with Crippen molar-refractivity contribution >= 4 is 11.9 Å². The molecule has 30 heavy (non-hydrogen) atoms. The van der Waals surface area contributed by atoms with Crippen molar-refractivity contribution in [1.29, 1.82) is 0 Å². The number of ether oxygens (including phenoxy) is 1. The molecule has 3 rings (SSSR count). The number of carbonyl (C=O) groups excluding carboxylic acids is 2. The lowest BCUT2D eigenvalue weighted by Gasteiger charge is -2.43. The van der Waals surface area contributed by atoms with Crippen molar-refractivity contribution in [2.45, 2.75) is 51.6 Å². The molecule has 0 saturated carbocycles. The fourth-order valence-corrected chi connectivity index (χ4v) is 4.59. The molecule has 2 heterocycles. The average Bonchev–Trinajstić information content (AvgIpc) is 2.93. The van der Waals surface area contributed by atoms with E-state index < -0.39 is 5.54 Å². The maximum Gasteiger partial charge on any atom is 0.327 e. The van der Waals surface area contributed by atoms with Crippen LogP contribution in [0.2, 0.25) is 0 Å². The van der Waals surface area contributed by atoms with E-state index in [9.17, 15) is 14.7 Å². The molecular weight excluding hydrogens is 382 g/mol. The van der Waals surface area contributed by atoms with E-state index >= 15 is 0 Å². The molecule has 2 aliphatic rings. The third-order valence-electron chi connectivity index (χ3n) is 6.47.